The number of aryl methyl sites for hydroxylation is 4. The molecule has 0 bridgehead atoms. The third-order valence-electron chi connectivity index (χ3n) is 4.99. The molecular weight excluding hydrogens is 398 g/mol. The van der Waals surface area contributed by atoms with Gasteiger partial charge in [0.1, 0.15) is 10.7 Å². The van der Waals surface area contributed by atoms with Crippen LogP contribution >= 0.6 is 11.3 Å². The van der Waals surface area contributed by atoms with Crippen molar-refractivity contribution in [1.82, 2.24) is 20.1 Å². The standard InChI is InChI=1S/C22H23N5O2S/c1-10(2)19-26-21(29-27-19)15-9-7-8-11(3)17(15)25-20(28)18-12(4)16-13(5)23-14(6)24-22(16)30-18/h7-10H,1-6H3,(H,25,28). The minimum atomic E-state index is -0.188. The van der Waals surface area contributed by atoms with Gasteiger partial charge in [0.25, 0.3) is 11.8 Å². The van der Waals surface area contributed by atoms with Gasteiger partial charge in [0, 0.05) is 17.0 Å². The van der Waals surface area contributed by atoms with E-state index in [-0.39, 0.29) is 11.8 Å². The Kier molecular flexibility index (Phi) is 5.11. The average molecular weight is 422 g/mol. The van der Waals surface area contributed by atoms with Crippen LogP contribution < -0.4 is 5.32 Å². The van der Waals surface area contributed by atoms with E-state index in [4.69, 9.17) is 4.52 Å². The van der Waals surface area contributed by atoms with Crippen LogP contribution in [0.1, 0.15) is 57.9 Å². The van der Waals surface area contributed by atoms with Gasteiger partial charge in [-0.25, -0.2) is 9.97 Å². The predicted octanol–water partition coefficient (Wildman–Crippen LogP) is 5.35. The van der Waals surface area contributed by atoms with Crippen LogP contribution in [-0.2, 0) is 0 Å². The van der Waals surface area contributed by atoms with Gasteiger partial charge < -0.3 is 9.84 Å². The number of thiophene rings is 1. The number of aromatic nitrogens is 4. The zero-order chi connectivity index (χ0) is 21.6. The van der Waals surface area contributed by atoms with Gasteiger partial charge in [0.2, 0.25) is 0 Å². The molecule has 1 amide bonds. The van der Waals surface area contributed by atoms with E-state index in [1.54, 1.807) is 0 Å². The topological polar surface area (TPSA) is 93.8 Å². The minimum Gasteiger partial charge on any atom is -0.334 e. The lowest BCUT2D eigenvalue weighted by Crippen LogP contribution is -2.13. The number of nitrogens with zero attached hydrogens (tertiary/aromatic N) is 4. The van der Waals surface area contributed by atoms with Gasteiger partial charge in [0.15, 0.2) is 5.82 Å². The zero-order valence-electron chi connectivity index (χ0n) is 17.8. The molecule has 3 aromatic heterocycles. The Balaban J connectivity index is 1.75. The lowest BCUT2D eigenvalue weighted by molar-refractivity contribution is 0.103. The molecule has 4 rings (SSSR count). The molecule has 3 heterocycles. The third-order valence-corrected chi connectivity index (χ3v) is 6.17. The Morgan fingerprint density at radius 1 is 1.10 bits per heavy atom. The summed E-state index contributed by atoms with van der Waals surface area (Å²) in [6.07, 6.45) is 0. The van der Waals surface area contributed by atoms with Crippen molar-refractivity contribution in [3.8, 4) is 11.5 Å². The molecule has 0 saturated heterocycles. The number of benzene rings is 1. The van der Waals surface area contributed by atoms with Crippen molar-refractivity contribution < 1.29 is 9.32 Å². The fourth-order valence-corrected chi connectivity index (χ4v) is 4.62. The van der Waals surface area contributed by atoms with E-state index in [0.717, 1.165) is 27.0 Å². The van der Waals surface area contributed by atoms with Crippen LogP contribution in [-0.4, -0.2) is 26.0 Å². The van der Waals surface area contributed by atoms with Gasteiger partial charge in [-0.2, -0.15) is 4.98 Å². The summed E-state index contributed by atoms with van der Waals surface area (Å²) in [4.78, 5) is 28.1. The van der Waals surface area contributed by atoms with E-state index < -0.39 is 0 Å². The van der Waals surface area contributed by atoms with Crippen LogP contribution in [0.15, 0.2) is 22.7 Å². The van der Waals surface area contributed by atoms with E-state index in [1.165, 1.54) is 11.3 Å². The molecule has 8 heteroatoms. The van der Waals surface area contributed by atoms with Crippen LogP contribution in [0.25, 0.3) is 21.7 Å². The second kappa shape index (κ2) is 7.60. The van der Waals surface area contributed by atoms with Crippen LogP contribution in [0.2, 0.25) is 0 Å². The minimum absolute atomic E-state index is 0.152. The summed E-state index contributed by atoms with van der Waals surface area (Å²) in [5.74, 6) is 1.69. The highest BCUT2D eigenvalue weighted by atomic mass is 32.1. The summed E-state index contributed by atoms with van der Waals surface area (Å²) in [5, 5.41) is 8.06. The van der Waals surface area contributed by atoms with Crippen molar-refractivity contribution in [2.75, 3.05) is 5.32 Å². The Hall–Kier alpha value is -3.13. The average Bonchev–Trinajstić information content (AvgIpc) is 3.28. The Morgan fingerprint density at radius 3 is 2.57 bits per heavy atom. The number of fused-ring (bicyclic) bond motifs is 1. The first-order chi connectivity index (χ1) is 14.3. The van der Waals surface area contributed by atoms with Gasteiger partial charge in [-0.15, -0.1) is 11.3 Å². The largest absolute Gasteiger partial charge is 0.334 e. The molecule has 0 radical (unpaired) electrons. The first-order valence-electron chi connectivity index (χ1n) is 9.75. The van der Waals surface area contributed by atoms with Gasteiger partial charge >= 0.3 is 0 Å². The van der Waals surface area contributed by atoms with Crippen molar-refractivity contribution >= 4 is 33.1 Å². The number of nitrogens with one attached hydrogen (secondary N) is 1. The van der Waals surface area contributed by atoms with Gasteiger partial charge in [-0.1, -0.05) is 31.1 Å². The summed E-state index contributed by atoms with van der Waals surface area (Å²) >= 11 is 1.38. The zero-order valence-corrected chi connectivity index (χ0v) is 18.6. The third kappa shape index (κ3) is 3.47. The van der Waals surface area contributed by atoms with Crippen LogP contribution in [0.5, 0.6) is 0 Å². The van der Waals surface area contributed by atoms with Gasteiger partial charge in [-0.3, -0.25) is 4.79 Å². The van der Waals surface area contributed by atoms with E-state index in [9.17, 15) is 4.79 Å². The van der Waals surface area contributed by atoms with Gasteiger partial charge in [0.05, 0.1) is 16.1 Å². The molecule has 0 atom stereocenters. The highest BCUT2D eigenvalue weighted by molar-refractivity contribution is 7.20. The molecule has 7 nitrogen and oxygen atoms in total. The van der Waals surface area contributed by atoms with Gasteiger partial charge in [-0.05, 0) is 44.9 Å². The molecule has 0 fully saturated rings. The number of rotatable bonds is 4. The molecule has 30 heavy (non-hydrogen) atoms. The number of hydrogen-bond donors (Lipinski definition) is 1. The van der Waals surface area contributed by atoms with Crippen LogP contribution in [0, 0.1) is 27.7 Å². The first-order valence-corrected chi connectivity index (χ1v) is 10.6. The van der Waals surface area contributed by atoms with E-state index in [2.05, 4.69) is 25.4 Å². The molecule has 1 N–H and O–H groups in total. The molecule has 0 aliphatic rings. The maximum absolute atomic E-state index is 13.2. The molecule has 0 unspecified atom stereocenters. The number of para-hydroxylation sites is 1. The monoisotopic (exact) mass is 421 g/mol. The fraction of sp³-hybridized carbons (Fsp3) is 0.318. The summed E-state index contributed by atoms with van der Waals surface area (Å²) in [6.45, 7) is 11.7. The SMILES string of the molecule is Cc1nc(C)c2c(C)c(C(=O)Nc3c(C)cccc3-c3nc(C(C)C)no3)sc2n1. The van der Waals surface area contributed by atoms with Crippen molar-refractivity contribution in [2.45, 2.75) is 47.5 Å². The lowest BCUT2D eigenvalue weighted by Gasteiger charge is -2.11. The Morgan fingerprint density at radius 2 is 1.87 bits per heavy atom. The number of amides is 1. The van der Waals surface area contributed by atoms with Crippen molar-refractivity contribution in [2.24, 2.45) is 0 Å². The number of hydrogen-bond acceptors (Lipinski definition) is 7. The van der Waals surface area contributed by atoms with E-state index in [1.807, 2.05) is 59.7 Å². The molecule has 4 aromatic rings. The smallest absolute Gasteiger partial charge is 0.266 e. The summed E-state index contributed by atoms with van der Waals surface area (Å²) < 4.78 is 5.47. The van der Waals surface area contributed by atoms with Crippen molar-refractivity contribution in [3.05, 3.63) is 51.5 Å². The number of carbonyl (C=O) groups excluding carboxylic acids is 1. The predicted molar refractivity (Wildman–Crippen MR) is 118 cm³/mol. The number of carbonyl (C=O) groups is 1. The maximum Gasteiger partial charge on any atom is 0.266 e. The molecule has 0 aliphatic heterocycles. The number of anilines is 1. The summed E-state index contributed by atoms with van der Waals surface area (Å²) in [5.41, 5.74) is 4.05. The molecule has 0 spiro atoms. The normalized spacial score (nSPS) is 11.4. The molecule has 1 aromatic carbocycles. The van der Waals surface area contributed by atoms with Crippen molar-refractivity contribution in [1.29, 1.82) is 0 Å². The summed E-state index contributed by atoms with van der Waals surface area (Å²) in [7, 11) is 0. The second-order valence-electron chi connectivity index (χ2n) is 7.66. The maximum atomic E-state index is 13.2. The van der Waals surface area contributed by atoms with Crippen molar-refractivity contribution in [3.63, 3.8) is 0 Å². The highest BCUT2D eigenvalue weighted by Crippen LogP contribution is 2.34. The molecule has 0 saturated carbocycles. The Bertz CT molecular complexity index is 1270. The van der Waals surface area contributed by atoms with Crippen LogP contribution in [0.3, 0.4) is 0 Å². The fourth-order valence-electron chi connectivity index (χ4n) is 3.45. The first kappa shape index (κ1) is 20.2. The second-order valence-corrected chi connectivity index (χ2v) is 8.66. The molecule has 0 aliphatic carbocycles. The summed E-state index contributed by atoms with van der Waals surface area (Å²) in [6, 6.07) is 5.72. The van der Waals surface area contributed by atoms with Crippen LogP contribution in [0.4, 0.5) is 5.69 Å². The molecule has 154 valence electrons. The Labute approximate surface area is 178 Å². The van der Waals surface area contributed by atoms with E-state index in [0.29, 0.717) is 33.7 Å². The van der Waals surface area contributed by atoms with E-state index >= 15 is 0 Å². The highest BCUT2D eigenvalue weighted by Gasteiger charge is 2.22. The quantitative estimate of drug-likeness (QED) is 0.477. The lowest BCUT2D eigenvalue weighted by atomic mass is 10.1. The molecular formula is C22H23N5O2S.